The Labute approximate surface area is 135 Å². The first-order valence-electron chi connectivity index (χ1n) is 7.71. The Hall–Kier alpha value is -1.55. The average Bonchev–Trinajstić information content (AvgIpc) is 2.75. The molecular formula is C17H21ClFN3. The lowest BCUT2D eigenvalue weighted by Crippen LogP contribution is -2.34. The lowest BCUT2D eigenvalue weighted by molar-refractivity contribution is 0.433. The fourth-order valence-corrected chi connectivity index (χ4v) is 3.50. The van der Waals surface area contributed by atoms with Crippen LogP contribution in [0.2, 0.25) is 5.02 Å². The van der Waals surface area contributed by atoms with Crippen molar-refractivity contribution >= 4 is 17.4 Å². The van der Waals surface area contributed by atoms with E-state index in [4.69, 9.17) is 11.6 Å². The monoisotopic (exact) mass is 321 g/mol. The average molecular weight is 322 g/mol. The zero-order chi connectivity index (χ0) is 15.9. The first-order valence-corrected chi connectivity index (χ1v) is 8.09. The first-order chi connectivity index (χ1) is 10.5. The van der Waals surface area contributed by atoms with Gasteiger partial charge in [-0.1, -0.05) is 18.5 Å². The quantitative estimate of drug-likeness (QED) is 0.816. The maximum Gasteiger partial charge on any atom is 0.134 e. The molecule has 1 aromatic carbocycles. The van der Waals surface area contributed by atoms with E-state index in [1.165, 1.54) is 25.0 Å². The number of aryl methyl sites for hydroxylation is 2. The predicted molar refractivity (Wildman–Crippen MR) is 89.0 cm³/mol. The summed E-state index contributed by atoms with van der Waals surface area (Å²) in [5.41, 5.74) is 2.79. The van der Waals surface area contributed by atoms with Gasteiger partial charge in [0.15, 0.2) is 0 Å². The fourth-order valence-electron chi connectivity index (χ4n) is 3.24. The molecule has 5 heteroatoms. The minimum Gasteiger partial charge on any atom is -0.356 e. The predicted octanol–water partition coefficient (Wildman–Crippen LogP) is 4.42. The van der Waals surface area contributed by atoms with Gasteiger partial charge in [0.25, 0.3) is 0 Å². The Bertz CT molecular complexity index is 687. The molecule has 2 aromatic rings. The highest BCUT2D eigenvalue weighted by Gasteiger charge is 2.25. The molecule has 0 saturated carbocycles. The van der Waals surface area contributed by atoms with Crippen molar-refractivity contribution in [2.45, 2.75) is 26.7 Å². The molecule has 0 amide bonds. The third-order valence-corrected chi connectivity index (χ3v) is 4.79. The molecule has 0 atom stereocenters. The molecule has 0 aliphatic carbocycles. The number of halogens is 2. The number of hydrogen-bond acceptors (Lipinski definition) is 2. The van der Waals surface area contributed by atoms with Gasteiger partial charge in [0.2, 0.25) is 0 Å². The fraction of sp³-hybridized carbons (Fsp3) is 0.471. The van der Waals surface area contributed by atoms with Crippen molar-refractivity contribution in [2.75, 3.05) is 18.0 Å². The topological polar surface area (TPSA) is 21.1 Å². The van der Waals surface area contributed by atoms with Gasteiger partial charge in [-0.15, -0.1) is 0 Å². The number of aromatic nitrogens is 2. The third kappa shape index (κ3) is 2.72. The van der Waals surface area contributed by atoms with Crippen LogP contribution in [0.5, 0.6) is 0 Å². The molecule has 118 valence electrons. The van der Waals surface area contributed by atoms with Gasteiger partial charge in [0.05, 0.1) is 10.7 Å². The van der Waals surface area contributed by atoms with Crippen LogP contribution in [-0.2, 0) is 7.05 Å². The van der Waals surface area contributed by atoms with Crippen LogP contribution in [0.1, 0.15) is 25.5 Å². The molecule has 0 unspecified atom stereocenters. The van der Waals surface area contributed by atoms with E-state index < -0.39 is 0 Å². The highest BCUT2D eigenvalue weighted by Crippen LogP contribution is 2.39. The number of nitrogens with zero attached hydrogens (tertiary/aromatic N) is 3. The van der Waals surface area contributed by atoms with E-state index in [-0.39, 0.29) is 5.82 Å². The van der Waals surface area contributed by atoms with E-state index in [9.17, 15) is 4.39 Å². The first kappa shape index (κ1) is 15.3. The summed E-state index contributed by atoms with van der Waals surface area (Å²) in [5.74, 6) is 1.53. The smallest absolute Gasteiger partial charge is 0.134 e. The molecule has 0 spiro atoms. The van der Waals surface area contributed by atoms with Gasteiger partial charge in [0, 0.05) is 31.3 Å². The summed E-state index contributed by atoms with van der Waals surface area (Å²) < 4.78 is 15.3. The molecule has 1 aliphatic heterocycles. The molecule has 2 heterocycles. The number of hydrogen-bond donors (Lipinski definition) is 0. The van der Waals surface area contributed by atoms with Gasteiger partial charge >= 0.3 is 0 Å². The Morgan fingerprint density at radius 1 is 1.27 bits per heavy atom. The summed E-state index contributed by atoms with van der Waals surface area (Å²) in [4.78, 5) is 2.37. The molecule has 3 rings (SSSR count). The molecule has 22 heavy (non-hydrogen) atoms. The summed E-state index contributed by atoms with van der Waals surface area (Å²) in [5, 5.41) is 5.00. The molecule has 1 saturated heterocycles. The van der Waals surface area contributed by atoms with Crippen LogP contribution >= 0.6 is 11.6 Å². The highest BCUT2D eigenvalue weighted by molar-refractivity contribution is 6.33. The minimum absolute atomic E-state index is 0.316. The molecule has 0 bridgehead atoms. The van der Waals surface area contributed by atoms with E-state index in [0.29, 0.717) is 5.02 Å². The van der Waals surface area contributed by atoms with Gasteiger partial charge in [-0.25, -0.2) is 4.39 Å². The van der Waals surface area contributed by atoms with Crippen LogP contribution in [-0.4, -0.2) is 22.9 Å². The summed E-state index contributed by atoms with van der Waals surface area (Å²) in [6.45, 7) is 6.31. The van der Waals surface area contributed by atoms with Crippen molar-refractivity contribution in [1.29, 1.82) is 0 Å². The minimum atomic E-state index is -0.316. The standard InChI is InChI=1S/C17H21ClFN3/c1-11-6-8-22(9-7-11)17-16(12(2)20-21(17)3)14-5-4-13(19)10-15(14)18/h4-5,10-11H,6-9H2,1-3H3. The third-order valence-electron chi connectivity index (χ3n) is 4.48. The van der Waals surface area contributed by atoms with Crippen molar-refractivity contribution in [3.05, 3.63) is 34.7 Å². The normalized spacial score (nSPS) is 16.3. The maximum atomic E-state index is 13.4. The van der Waals surface area contributed by atoms with Crippen molar-refractivity contribution in [3.8, 4) is 11.1 Å². The summed E-state index contributed by atoms with van der Waals surface area (Å²) in [6, 6.07) is 4.57. The number of anilines is 1. The van der Waals surface area contributed by atoms with Crippen LogP contribution in [0.15, 0.2) is 18.2 Å². The summed E-state index contributed by atoms with van der Waals surface area (Å²) in [6.07, 6.45) is 2.36. The zero-order valence-corrected chi connectivity index (χ0v) is 14.0. The van der Waals surface area contributed by atoms with Crippen molar-refractivity contribution in [2.24, 2.45) is 13.0 Å². The second-order valence-corrected chi connectivity index (χ2v) is 6.61. The Balaban J connectivity index is 2.08. The van der Waals surface area contributed by atoms with Gasteiger partial charge in [0.1, 0.15) is 11.6 Å². The molecule has 1 aromatic heterocycles. The Morgan fingerprint density at radius 2 is 1.95 bits per heavy atom. The summed E-state index contributed by atoms with van der Waals surface area (Å²) in [7, 11) is 1.96. The molecule has 1 fully saturated rings. The van der Waals surface area contributed by atoms with Crippen LogP contribution in [0.3, 0.4) is 0 Å². The molecule has 3 nitrogen and oxygen atoms in total. The van der Waals surface area contributed by atoms with Gasteiger partial charge < -0.3 is 4.90 Å². The van der Waals surface area contributed by atoms with Crippen molar-refractivity contribution in [3.63, 3.8) is 0 Å². The Morgan fingerprint density at radius 3 is 2.59 bits per heavy atom. The maximum absolute atomic E-state index is 13.4. The van der Waals surface area contributed by atoms with Crippen LogP contribution < -0.4 is 4.90 Å². The second-order valence-electron chi connectivity index (χ2n) is 6.20. The number of benzene rings is 1. The van der Waals surface area contributed by atoms with Crippen LogP contribution in [0.4, 0.5) is 10.2 Å². The molecule has 1 aliphatic rings. The largest absolute Gasteiger partial charge is 0.356 e. The highest BCUT2D eigenvalue weighted by atomic mass is 35.5. The Kier molecular flexibility index (Phi) is 4.13. The van der Waals surface area contributed by atoms with Crippen LogP contribution in [0.25, 0.3) is 11.1 Å². The molecule has 0 N–H and O–H groups in total. The van der Waals surface area contributed by atoms with E-state index in [2.05, 4.69) is 16.9 Å². The van der Waals surface area contributed by atoms with Crippen LogP contribution in [0, 0.1) is 18.7 Å². The van der Waals surface area contributed by atoms with E-state index >= 15 is 0 Å². The SMILES string of the molecule is Cc1nn(C)c(N2CCC(C)CC2)c1-c1ccc(F)cc1Cl. The summed E-state index contributed by atoms with van der Waals surface area (Å²) >= 11 is 6.28. The van der Waals surface area contributed by atoms with E-state index in [1.54, 1.807) is 6.07 Å². The lowest BCUT2D eigenvalue weighted by Gasteiger charge is -2.32. The molecular weight excluding hydrogens is 301 g/mol. The van der Waals surface area contributed by atoms with Gasteiger partial charge in [-0.2, -0.15) is 5.10 Å². The van der Waals surface area contributed by atoms with Gasteiger partial charge in [-0.05, 0) is 43.9 Å². The molecule has 0 radical (unpaired) electrons. The van der Waals surface area contributed by atoms with Gasteiger partial charge in [-0.3, -0.25) is 4.68 Å². The lowest BCUT2D eigenvalue weighted by atomic mass is 9.98. The van der Waals surface area contributed by atoms with E-state index in [1.807, 2.05) is 18.7 Å². The second kappa shape index (κ2) is 5.92. The number of piperidine rings is 1. The van der Waals surface area contributed by atoms with Crippen molar-refractivity contribution in [1.82, 2.24) is 9.78 Å². The van der Waals surface area contributed by atoms with E-state index in [0.717, 1.165) is 41.6 Å². The zero-order valence-electron chi connectivity index (χ0n) is 13.2. The van der Waals surface area contributed by atoms with Crippen molar-refractivity contribution < 1.29 is 4.39 Å². The number of rotatable bonds is 2.